The third-order valence-corrected chi connectivity index (χ3v) is 3.78. The van der Waals surface area contributed by atoms with Crippen molar-refractivity contribution in [3.63, 3.8) is 0 Å². The van der Waals surface area contributed by atoms with E-state index in [9.17, 15) is 4.79 Å². The van der Waals surface area contributed by atoms with E-state index in [0.29, 0.717) is 19.7 Å². The molecule has 5 nitrogen and oxygen atoms in total. The van der Waals surface area contributed by atoms with Crippen molar-refractivity contribution >= 4 is 22.6 Å². The van der Waals surface area contributed by atoms with Gasteiger partial charge in [-0.1, -0.05) is 6.08 Å². The van der Waals surface area contributed by atoms with Gasteiger partial charge < -0.3 is 18.8 Å². The molecule has 1 amide bonds. The third-order valence-electron chi connectivity index (χ3n) is 3.78. The smallest absolute Gasteiger partial charge is 0.410 e. The van der Waals surface area contributed by atoms with Crippen LogP contribution in [0.3, 0.4) is 0 Å². The fraction of sp³-hybridized carbons (Fsp3) is 0.353. The van der Waals surface area contributed by atoms with Gasteiger partial charge in [0.1, 0.15) is 17.1 Å². The highest BCUT2D eigenvalue weighted by Gasteiger charge is 2.20. The zero-order valence-corrected chi connectivity index (χ0v) is 12.8. The van der Waals surface area contributed by atoms with Gasteiger partial charge >= 0.3 is 6.09 Å². The van der Waals surface area contributed by atoms with Crippen LogP contribution in [0.25, 0.3) is 16.5 Å². The SMILES string of the molecule is CCOC(=O)N1CC=C(c2cc3cc(OC)ccc3o2)CC1. The maximum absolute atomic E-state index is 11.7. The highest BCUT2D eigenvalue weighted by atomic mass is 16.6. The van der Waals surface area contributed by atoms with Crippen LogP contribution >= 0.6 is 0 Å². The second kappa shape index (κ2) is 6.13. The van der Waals surface area contributed by atoms with Gasteiger partial charge in [-0.2, -0.15) is 0 Å². The molecule has 0 fully saturated rings. The minimum Gasteiger partial charge on any atom is -0.497 e. The molecule has 0 bridgehead atoms. The fourth-order valence-electron chi connectivity index (χ4n) is 2.58. The number of hydrogen-bond donors (Lipinski definition) is 0. The zero-order valence-electron chi connectivity index (χ0n) is 12.8. The van der Waals surface area contributed by atoms with Crippen molar-refractivity contribution in [3.8, 4) is 5.75 Å². The number of carbonyl (C=O) groups excluding carboxylic acids is 1. The predicted molar refractivity (Wildman–Crippen MR) is 84.0 cm³/mol. The van der Waals surface area contributed by atoms with E-state index >= 15 is 0 Å². The van der Waals surface area contributed by atoms with Crippen molar-refractivity contribution < 1.29 is 18.7 Å². The first kappa shape index (κ1) is 14.5. The molecule has 1 aromatic carbocycles. The van der Waals surface area contributed by atoms with Gasteiger partial charge in [0.05, 0.1) is 13.7 Å². The van der Waals surface area contributed by atoms with Crippen molar-refractivity contribution in [2.75, 3.05) is 26.8 Å². The van der Waals surface area contributed by atoms with E-state index in [1.807, 2.05) is 37.3 Å². The number of fused-ring (bicyclic) bond motifs is 1. The predicted octanol–water partition coefficient (Wildman–Crippen LogP) is 3.69. The van der Waals surface area contributed by atoms with Crippen LogP contribution in [0.15, 0.2) is 34.8 Å². The number of carbonyl (C=O) groups is 1. The molecule has 1 aliphatic heterocycles. The van der Waals surface area contributed by atoms with Crippen molar-refractivity contribution in [1.82, 2.24) is 4.90 Å². The molecule has 0 aliphatic carbocycles. The first-order valence-corrected chi connectivity index (χ1v) is 7.40. The molecule has 0 saturated carbocycles. The molecule has 116 valence electrons. The van der Waals surface area contributed by atoms with Gasteiger partial charge in [0.15, 0.2) is 0 Å². The van der Waals surface area contributed by atoms with Crippen molar-refractivity contribution in [1.29, 1.82) is 0 Å². The standard InChI is InChI=1S/C17H19NO4/c1-3-21-17(19)18-8-6-12(7-9-18)16-11-13-10-14(20-2)4-5-15(13)22-16/h4-6,10-11H,3,7-9H2,1-2H3. The Morgan fingerprint density at radius 2 is 2.23 bits per heavy atom. The molecular weight excluding hydrogens is 282 g/mol. The molecule has 0 radical (unpaired) electrons. The zero-order chi connectivity index (χ0) is 15.5. The normalized spacial score (nSPS) is 14.8. The van der Waals surface area contributed by atoms with Crippen LogP contribution in [-0.2, 0) is 4.74 Å². The minimum atomic E-state index is -0.257. The van der Waals surface area contributed by atoms with Crippen LogP contribution in [-0.4, -0.2) is 37.8 Å². The summed E-state index contributed by atoms with van der Waals surface area (Å²) in [7, 11) is 1.65. The van der Waals surface area contributed by atoms with Crippen LogP contribution in [0.4, 0.5) is 4.79 Å². The molecule has 1 aromatic heterocycles. The van der Waals surface area contributed by atoms with Gasteiger partial charge in [-0.15, -0.1) is 0 Å². The van der Waals surface area contributed by atoms with Gasteiger partial charge in [-0.3, -0.25) is 0 Å². The second-order valence-electron chi connectivity index (χ2n) is 5.14. The lowest BCUT2D eigenvalue weighted by Crippen LogP contribution is -2.35. The second-order valence-corrected chi connectivity index (χ2v) is 5.14. The average molecular weight is 301 g/mol. The van der Waals surface area contributed by atoms with Gasteiger partial charge in [-0.25, -0.2) is 4.79 Å². The van der Waals surface area contributed by atoms with Gasteiger partial charge in [0, 0.05) is 18.5 Å². The summed E-state index contributed by atoms with van der Waals surface area (Å²) in [4.78, 5) is 13.4. The molecular formula is C17H19NO4. The summed E-state index contributed by atoms with van der Waals surface area (Å²) < 4.78 is 16.1. The number of furan rings is 1. The van der Waals surface area contributed by atoms with Crippen molar-refractivity contribution in [2.24, 2.45) is 0 Å². The van der Waals surface area contributed by atoms with E-state index in [1.54, 1.807) is 12.0 Å². The molecule has 2 aromatic rings. The quantitative estimate of drug-likeness (QED) is 0.867. The van der Waals surface area contributed by atoms with Crippen LogP contribution in [0.1, 0.15) is 19.1 Å². The summed E-state index contributed by atoms with van der Waals surface area (Å²) >= 11 is 0. The van der Waals surface area contributed by atoms with Crippen LogP contribution in [0, 0.1) is 0 Å². The van der Waals surface area contributed by atoms with E-state index < -0.39 is 0 Å². The molecule has 0 spiro atoms. The Morgan fingerprint density at radius 1 is 1.36 bits per heavy atom. The van der Waals surface area contributed by atoms with Gasteiger partial charge in [-0.05, 0) is 43.2 Å². The largest absolute Gasteiger partial charge is 0.497 e. The lowest BCUT2D eigenvalue weighted by molar-refractivity contribution is 0.111. The van der Waals surface area contributed by atoms with Gasteiger partial charge in [0.2, 0.25) is 0 Å². The lowest BCUT2D eigenvalue weighted by atomic mass is 10.1. The van der Waals surface area contributed by atoms with Crippen LogP contribution in [0.5, 0.6) is 5.75 Å². The summed E-state index contributed by atoms with van der Waals surface area (Å²) in [5.74, 6) is 1.66. The van der Waals surface area contributed by atoms with Crippen molar-refractivity contribution in [3.05, 3.63) is 36.1 Å². The molecule has 0 unspecified atom stereocenters. The Morgan fingerprint density at radius 3 is 2.91 bits per heavy atom. The molecule has 5 heteroatoms. The highest BCUT2D eigenvalue weighted by molar-refractivity contribution is 5.83. The highest BCUT2D eigenvalue weighted by Crippen LogP contribution is 2.30. The number of amides is 1. The Labute approximate surface area is 129 Å². The van der Waals surface area contributed by atoms with Crippen molar-refractivity contribution in [2.45, 2.75) is 13.3 Å². The summed E-state index contributed by atoms with van der Waals surface area (Å²) in [6.07, 6.45) is 2.53. The minimum absolute atomic E-state index is 0.257. The molecule has 3 rings (SSSR count). The maximum Gasteiger partial charge on any atom is 0.410 e. The number of nitrogens with zero attached hydrogens (tertiary/aromatic N) is 1. The van der Waals surface area contributed by atoms with E-state index in [1.165, 1.54) is 0 Å². The van der Waals surface area contributed by atoms with Crippen LogP contribution < -0.4 is 4.74 Å². The first-order chi connectivity index (χ1) is 10.7. The van der Waals surface area contributed by atoms with E-state index in [-0.39, 0.29) is 6.09 Å². The fourth-order valence-corrected chi connectivity index (χ4v) is 2.58. The molecule has 0 N–H and O–H groups in total. The molecule has 2 heterocycles. The van der Waals surface area contributed by atoms with E-state index in [4.69, 9.17) is 13.9 Å². The number of benzene rings is 1. The Hall–Kier alpha value is -2.43. The van der Waals surface area contributed by atoms with E-state index in [2.05, 4.69) is 0 Å². The third kappa shape index (κ3) is 2.79. The topological polar surface area (TPSA) is 51.9 Å². The van der Waals surface area contributed by atoms with Gasteiger partial charge in [0.25, 0.3) is 0 Å². The number of hydrogen-bond acceptors (Lipinski definition) is 4. The average Bonchev–Trinajstić information content (AvgIpc) is 2.98. The summed E-state index contributed by atoms with van der Waals surface area (Å²) in [6, 6.07) is 7.76. The first-order valence-electron chi connectivity index (χ1n) is 7.40. The van der Waals surface area contributed by atoms with E-state index in [0.717, 1.165) is 34.5 Å². The number of rotatable bonds is 3. The number of ether oxygens (including phenoxy) is 2. The molecule has 0 saturated heterocycles. The summed E-state index contributed by atoms with van der Waals surface area (Å²) in [5.41, 5.74) is 1.96. The Balaban J connectivity index is 1.79. The Bertz CT molecular complexity index is 717. The molecule has 0 atom stereocenters. The summed E-state index contributed by atoms with van der Waals surface area (Å²) in [6.45, 7) is 3.41. The van der Waals surface area contributed by atoms with Crippen LogP contribution in [0.2, 0.25) is 0 Å². The summed E-state index contributed by atoms with van der Waals surface area (Å²) in [5, 5.41) is 1.02. The molecule has 22 heavy (non-hydrogen) atoms. The number of methoxy groups -OCH3 is 1. The monoisotopic (exact) mass is 301 g/mol. The Kier molecular flexibility index (Phi) is 4.04. The maximum atomic E-state index is 11.7. The lowest BCUT2D eigenvalue weighted by Gasteiger charge is -2.24. The molecule has 1 aliphatic rings.